The third-order valence-electron chi connectivity index (χ3n) is 0.125. The second kappa shape index (κ2) is 3.10. The van der Waals surface area contributed by atoms with E-state index in [-0.39, 0.29) is 0 Å². The predicted octanol–water partition coefficient (Wildman–Crippen LogP) is 0.136. The molecule has 0 rings (SSSR count). The van der Waals surface area contributed by atoms with Crippen molar-refractivity contribution < 1.29 is 0 Å². The summed E-state index contributed by atoms with van der Waals surface area (Å²) in [6.07, 6.45) is 0. The quantitative estimate of drug-likeness (QED) is 0.308. The van der Waals surface area contributed by atoms with Gasteiger partial charge in [-0.1, -0.05) is 0 Å². The van der Waals surface area contributed by atoms with Crippen LogP contribution in [0.5, 0.6) is 0 Å². The molecule has 0 nitrogen and oxygen atoms in total. The molecule has 0 saturated heterocycles. The fraction of sp³-hybridized carbons (Fsp3) is 0.333. The molecule has 1 heteroatoms. The SMILES string of the molecule is CC#[C][Ge]. The van der Waals surface area contributed by atoms with E-state index in [1.807, 2.05) is 23.4 Å². The Balaban J connectivity index is 2.83. The summed E-state index contributed by atoms with van der Waals surface area (Å²) in [6, 6.07) is 0. The molecule has 0 aliphatic rings. The van der Waals surface area contributed by atoms with Crippen LogP contribution in [-0.4, -0.2) is 16.5 Å². The van der Waals surface area contributed by atoms with E-state index < -0.39 is 0 Å². The van der Waals surface area contributed by atoms with Crippen LogP contribution in [0.15, 0.2) is 0 Å². The van der Waals surface area contributed by atoms with E-state index in [9.17, 15) is 0 Å². The normalized spacial score (nSPS) is 3.50. The topological polar surface area (TPSA) is 0 Å². The van der Waals surface area contributed by atoms with Crippen molar-refractivity contribution in [2.75, 3.05) is 0 Å². The molecule has 0 aliphatic heterocycles. The second-order valence-corrected chi connectivity index (χ2v) is 0.900. The Labute approximate surface area is 34.8 Å². The molecule has 3 radical (unpaired) electrons. The molecule has 0 amide bonds. The molecular formula is C3H3Ge. The van der Waals surface area contributed by atoms with Gasteiger partial charge in [-0.05, 0) is 0 Å². The van der Waals surface area contributed by atoms with Crippen LogP contribution in [0.4, 0.5) is 0 Å². The summed E-state index contributed by atoms with van der Waals surface area (Å²) in [7, 11) is 0. The van der Waals surface area contributed by atoms with Crippen molar-refractivity contribution in [1.29, 1.82) is 0 Å². The molecule has 4 heavy (non-hydrogen) atoms. The Morgan fingerprint density at radius 3 is 2.00 bits per heavy atom. The molecule has 0 aromatic heterocycles. The Morgan fingerprint density at radius 2 is 2.00 bits per heavy atom. The Morgan fingerprint density at radius 1 is 1.75 bits per heavy atom. The molecule has 0 spiro atoms. The Hall–Kier alpha value is 0.103. The van der Waals surface area contributed by atoms with Gasteiger partial charge in [0.05, 0.1) is 0 Å². The predicted molar refractivity (Wildman–Crippen MR) is 19.2 cm³/mol. The molecule has 0 N–H and O–H groups in total. The minimum atomic E-state index is 1.82. The van der Waals surface area contributed by atoms with Crippen molar-refractivity contribution in [3.63, 3.8) is 0 Å². The van der Waals surface area contributed by atoms with Gasteiger partial charge in [0.2, 0.25) is 0 Å². The van der Waals surface area contributed by atoms with Gasteiger partial charge in [-0.3, -0.25) is 0 Å². The van der Waals surface area contributed by atoms with Gasteiger partial charge in [0, 0.05) is 0 Å². The van der Waals surface area contributed by atoms with E-state index >= 15 is 0 Å². The summed E-state index contributed by atoms with van der Waals surface area (Å²) in [5, 5.41) is 0. The number of hydrogen-bond acceptors (Lipinski definition) is 0. The summed E-state index contributed by atoms with van der Waals surface area (Å²) in [6.45, 7) is 1.82. The van der Waals surface area contributed by atoms with Crippen molar-refractivity contribution in [1.82, 2.24) is 0 Å². The molecule has 0 atom stereocenters. The van der Waals surface area contributed by atoms with E-state index in [1.54, 1.807) is 0 Å². The Kier molecular flexibility index (Phi) is 3.18. The number of rotatable bonds is 0. The molecule has 0 unspecified atom stereocenters. The van der Waals surface area contributed by atoms with E-state index in [2.05, 4.69) is 10.7 Å². The van der Waals surface area contributed by atoms with Crippen molar-refractivity contribution in [3.05, 3.63) is 0 Å². The zero-order valence-corrected chi connectivity index (χ0v) is 4.60. The maximum absolute atomic E-state index is 2.68. The molecule has 0 saturated carbocycles. The standard InChI is InChI=1S/C3H3Ge/c1-2-3-4/h1H3. The molecule has 0 bridgehead atoms. The first kappa shape index (κ1) is 4.10. The van der Waals surface area contributed by atoms with Crippen LogP contribution in [0, 0.1) is 10.7 Å². The first-order valence-electron chi connectivity index (χ1n) is 1.00. The van der Waals surface area contributed by atoms with E-state index in [0.717, 1.165) is 0 Å². The third-order valence-corrected chi connectivity index (χ3v) is 0.650. The van der Waals surface area contributed by atoms with Crippen LogP contribution in [0.3, 0.4) is 0 Å². The van der Waals surface area contributed by atoms with Crippen LogP contribution < -0.4 is 0 Å². The van der Waals surface area contributed by atoms with Gasteiger partial charge >= 0.3 is 34.1 Å². The molecule has 0 heterocycles. The summed E-state index contributed by atoms with van der Waals surface area (Å²) in [4.78, 5) is 0. The van der Waals surface area contributed by atoms with Gasteiger partial charge < -0.3 is 0 Å². The molecule has 0 aliphatic carbocycles. The van der Waals surface area contributed by atoms with E-state index in [1.165, 1.54) is 0 Å². The zero-order chi connectivity index (χ0) is 3.41. The minimum absolute atomic E-state index is 1.82. The first-order chi connectivity index (χ1) is 1.91. The van der Waals surface area contributed by atoms with Gasteiger partial charge in [-0.25, -0.2) is 0 Å². The van der Waals surface area contributed by atoms with Crippen LogP contribution in [0.1, 0.15) is 6.92 Å². The molecule has 0 fully saturated rings. The van der Waals surface area contributed by atoms with E-state index in [4.69, 9.17) is 0 Å². The maximum atomic E-state index is 2.68. The molecule has 0 aromatic carbocycles. The Bertz CT molecular complexity index is 40.0. The average Bonchev–Trinajstić information content (AvgIpc) is 1.37. The van der Waals surface area contributed by atoms with Crippen LogP contribution in [0.25, 0.3) is 0 Å². The van der Waals surface area contributed by atoms with E-state index in [0.29, 0.717) is 0 Å². The third kappa shape index (κ3) is 2.10. The van der Waals surface area contributed by atoms with Gasteiger partial charge in [0.1, 0.15) is 0 Å². The fourth-order valence-corrected chi connectivity index (χ4v) is 0. The van der Waals surface area contributed by atoms with Gasteiger partial charge in [-0.15, -0.1) is 0 Å². The monoisotopic (exact) mass is 113 g/mol. The second-order valence-electron chi connectivity index (χ2n) is 0.375. The summed E-state index contributed by atoms with van der Waals surface area (Å²) < 4.78 is 2.68. The summed E-state index contributed by atoms with van der Waals surface area (Å²) in [5.74, 6) is 2.68. The first-order valence-corrected chi connectivity index (χ1v) is 2.05. The van der Waals surface area contributed by atoms with Crippen molar-refractivity contribution in [2.24, 2.45) is 0 Å². The van der Waals surface area contributed by atoms with Gasteiger partial charge in [0.15, 0.2) is 0 Å². The summed E-state index contributed by atoms with van der Waals surface area (Å²) >= 11 is 1.82. The van der Waals surface area contributed by atoms with Crippen LogP contribution >= 0.6 is 0 Å². The average molecular weight is 112 g/mol. The fourth-order valence-electron chi connectivity index (χ4n) is 0. The van der Waals surface area contributed by atoms with Crippen molar-refractivity contribution >= 4 is 16.5 Å². The van der Waals surface area contributed by atoms with Crippen LogP contribution in [-0.2, 0) is 0 Å². The molecule has 19 valence electrons. The molecule has 0 aromatic rings. The van der Waals surface area contributed by atoms with Crippen molar-refractivity contribution in [3.8, 4) is 10.7 Å². The zero-order valence-electron chi connectivity index (χ0n) is 2.50. The molecular weight excluding hydrogens is 109 g/mol. The van der Waals surface area contributed by atoms with Crippen molar-refractivity contribution in [2.45, 2.75) is 6.92 Å². The summed E-state index contributed by atoms with van der Waals surface area (Å²) in [5.41, 5.74) is 0. The van der Waals surface area contributed by atoms with Gasteiger partial charge in [-0.2, -0.15) is 0 Å². The van der Waals surface area contributed by atoms with Gasteiger partial charge in [0.25, 0.3) is 0 Å². The number of hydrogen-bond donors (Lipinski definition) is 0. The van der Waals surface area contributed by atoms with Crippen LogP contribution in [0.2, 0.25) is 0 Å².